The summed E-state index contributed by atoms with van der Waals surface area (Å²) < 4.78 is 26.1. The molecule has 15 heteroatoms. The molecular formula is C35H35FN6O6P2. The van der Waals surface area contributed by atoms with E-state index in [2.05, 4.69) is 58.5 Å². The lowest BCUT2D eigenvalue weighted by Crippen LogP contribution is -2.25. The van der Waals surface area contributed by atoms with E-state index < -0.39 is 17.9 Å². The van der Waals surface area contributed by atoms with Crippen molar-refractivity contribution >= 4 is 51.5 Å². The van der Waals surface area contributed by atoms with E-state index in [-0.39, 0.29) is 47.6 Å². The fourth-order valence-electron chi connectivity index (χ4n) is 5.39. The number of hydrogen-bond acceptors (Lipinski definition) is 8. The molecule has 0 saturated heterocycles. The second kappa shape index (κ2) is 16.5. The molecule has 258 valence electrons. The zero-order valence-corrected chi connectivity index (χ0v) is 29.4. The molecule has 4 aromatic rings. The molecule has 1 aliphatic carbocycles. The highest BCUT2D eigenvalue weighted by Gasteiger charge is 2.43. The van der Waals surface area contributed by atoms with Crippen LogP contribution in [-0.4, -0.2) is 70.5 Å². The van der Waals surface area contributed by atoms with Crippen molar-refractivity contribution in [1.29, 1.82) is 0 Å². The highest BCUT2D eigenvalue weighted by molar-refractivity contribution is 7.65. The number of aromatic amines is 2. The maximum atomic E-state index is 17.1. The molecular weight excluding hydrogens is 681 g/mol. The third-order valence-corrected chi connectivity index (χ3v) is 9.81. The van der Waals surface area contributed by atoms with Gasteiger partial charge >= 0.3 is 12.2 Å². The molecule has 50 heavy (non-hydrogen) atoms. The Morgan fingerprint density at radius 2 is 1.52 bits per heavy atom. The Morgan fingerprint density at radius 1 is 0.880 bits per heavy atom. The van der Waals surface area contributed by atoms with E-state index in [4.69, 9.17) is 0 Å². The van der Waals surface area contributed by atoms with Crippen LogP contribution in [0.4, 0.5) is 14.0 Å². The van der Waals surface area contributed by atoms with E-state index in [1.807, 2.05) is 24.3 Å². The monoisotopic (exact) mass is 716 g/mol. The topological polar surface area (TPSA) is 168 Å². The van der Waals surface area contributed by atoms with Crippen molar-refractivity contribution in [3.63, 3.8) is 0 Å². The van der Waals surface area contributed by atoms with E-state index in [9.17, 15) is 19.2 Å². The molecule has 0 spiro atoms. The van der Waals surface area contributed by atoms with E-state index in [0.717, 1.165) is 16.7 Å². The van der Waals surface area contributed by atoms with Crippen molar-refractivity contribution in [2.75, 3.05) is 27.3 Å². The van der Waals surface area contributed by atoms with Gasteiger partial charge in [-0.3, -0.25) is 9.59 Å². The Labute approximate surface area is 291 Å². The number of imidazole rings is 2. The number of carbonyl (C=O) groups excluding carboxylic acids is 4. The maximum absolute atomic E-state index is 17.1. The van der Waals surface area contributed by atoms with Crippen LogP contribution < -0.4 is 21.8 Å². The van der Waals surface area contributed by atoms with Crippen LogP contribution in [0, 0.1) is 11.8 Å². The first-order chi connectivity index (χ1) is 24.1. The summed E-state index contributed by atoms with van der Waals surface area (Å²) in [5, 5.41) is 5.02. The first kappa shape index (κ1) is 36.1. The van der Waals surface area contributed by atoms with Gasteiger partial charge in [0.2, 0.25) is 0 Å². The van der Waals surface area contributed by atoms with Gasteiger partial charge in [0.1, 0.15) is 16.8 Å². The highest BCUT2D eigenvalue weighted by Crippen LogP contribution is 2.53. The molecule has 3 atom stereocenters. The van der Waals surface area contributed by atoms with Gasteiger partial charge in [-0.25, -0.2) is 23.9 Å². The standard InChI is InChI=1S/C35H35FN6O6P2/c1-4-14-35(36)26-17-21(7-10-23-19-39-31(41-23)49-29(43)6-5-15-37-33(45)47-2)8-11-24(26)25-12-9-22(18-27(25)35)28-20-40-32(42-28)50-30(44)13-16-38-34(46)48-3/h4,8-9,11-12,17-20,49-50H,1,5-6,13-16H2,2-3H3,(H,37,45)(H,38,46)(H,39,41)(H,40,42). The van der Waals surface area contributed by atoms with Crippen molar-refractivity contribution < 1.29 is 33.0 Å². The van der Waals surface area contributed by atoms with Crippen LogP contribution in [0.25, 0.3) is 22.4 Å². The molecule has 4 N–H and O–H groups in total. The SMILES string of the molecule is C=CCC1(F)c2cc(C#Cc3cnc(PC(=O)CCCNC(=O)OC)[nH]3)ccc2-c2ccc(-c3cnc(PC(=O)CCNC(=O)OC)[nH]3)cc21. The van der Waals surface area contributed by atoms with Gasteiger partial charge in [0.15, 0.2) is 16.7 Å². The van der Waals surface area contributed by atoms with Crippen molar-refractivity contribution in [2.24, 2.45) is 0 Å². The van der Waals surface area contributed by atoms with E-state index >= 15 is 4.39 Å². The molecule has 3 unspecified atom stereocenters. The zero-order valence-electron chi connectivity index (χ0n) is 27.4. The lowest BCUT2D eigenvalue weighted by molar-refractivity contribution is -0.112. The summed E-state index contributed by atoms with van der Waals surface area (Å²) in [6.45, 7) is 4.32. The fourth-order valence-corrected chi connectivity index (χ4v) is 7.13. The second-order valence-corrected chi connectivity index (χ2v) is 13.7. The van der Waals surface area contributed by atoms with Gasteiger partial charge in [0.25, 0.3) is 0 Å². The Balaban J connectivity index is 1.27. The second-order valence-electron chi connectivity index (χ2n) is 11.1. The average molecular weight is 717 g/mol. The smallest absolute Gasteiger partial charge is 0.406 e. The van der Waals surface area contributed by atoms with Gasteiger partial charge in [-0.05, 0) is 47.2 Å². The van der Waals surface area contributed by atoms with E-state index in [0.29, 0.717) is 58.6 Å². The van der Waals surface area contributed by atoms with Gasteiger partial charge in [0, 0.05) is 66.2 Å². The Morgan fingerprint density at radius 3 is 2.24 bits per heavy atom. The Hall–Kier alpha value is -5.17. The summed E-state index contributed by atoms with van der Waals surface area (Å²) in [7, 11) is 2.13. The van der Waals surface area contributed by atoms with Gasteiger partial charge in [-0.15, -0.1) is 6.58 Å². The van der Waals surface area contributed by atoms with Crippen molar-refractivity contribution in [3.8, 4) is 34.2 Å². The number of nitrogens with zero attached hydrogens (tertiary/aromatic N) is 2. The maximum Gasteiger partial charge on any atom is 0.406 e. The number of nitrogens with one attached hydrogen (secondary N) is 4. The number of ether oxygens (including phenoxy) is 2. The first-order valence-electron chi connectivity index (χ1n) is 15.6. The Bertz CT molecular complexity index is 2000. The number of halogens is 1. The van der Waals surface area contributed by atoms with Crippen LogP contribution in [0.5, 0.6) is 0 Å². The number of fused-ring (bicyclic) bond motifs is 3. The molecule has 1 aliphatic rings. The molecule has 2 aromatic carbocycles. The van der Waals surface area contributed by atoms with Crippen LogP contribution in [-0.2, 0) is 24.7 Å². The minimum Gasteiger partial charge on any atom is -0.453 e. The predicted octanol–water partition coefficient (Wildman–Crippen LogP) is 4.51. The number of allylic oxidation sites excluding steroid dienone is 1. The fraction of sp³-hybridized carbons (Fsp3) is 0.257. The summed E-state index contributed by atoms with van der Waals surface area (Å²) in [6.07, 6.45) is 4.58. The number of rotatable bonds is 14. The number of amides is 2. The normalized spacial score (nSPS) is 14.5. The number of aromatic nitrogens is 4. The quantitative estimate of drug-likeness (QED) is 0.0640. The molecule has 0 bridgehead atoms. The molecule has 5 rings (SSSR count). The molecule has 0 aliphatic heterocycles. The number of carbonyl (C=O) groups is 4. The van der Waals surface area contributed by atoms with Crippen LogP contribution in [0.2, 0.25) is 0 Å². The van der Waals surface area contributed by atoms with Gasteiger partial charge < -0.3 is 30.1 Å². The zero-order chi connectivity index (χ0) is 35.7. The van der Waals surface area contributed by atoms with Crippen LogP contribution in [0.3, 0.4) is 0 Å². The summed E-state index contributed by atoms with van der Waals surface area (Å²) in [5.41, 5.74) is 4.12. The highest BCUT2D eigenvalue weighted by atomic mass is 31.1. The van der Waals surface area contributed by atoms with Gasteiger partial charge in [-0.1, -0.05) is 30.2 Å². The van der Waals surface area contributed by atoms with Crippen molar-refractivity contribution in [3.05, 3.63) is 83.8 Å². The molecule has 2 heterocycles. The van der Waals surface area contributed by atoms with Crippen molar-refractivity contribution in [1.82, 2.24) is 30.6 Å². The van der Waals surface area contributed by atoms with Crippen LogP contribution >= 0.6 is 17.2 Å². The number of hydrogen-bond donors (Lipinski definition) is 4. The van der Waals surface area contributed by atoms with Crippen LogP contribution in [0.1, 0.15) is 48.1 Å². The third kappa shape index (κ3) is 8.70. The summed E-state index contributed by atoms with van der Waals surface area (Å²) in [5.74, 6) is 6.11. The third-order valence-electron chi connectivity index (χ3n) is 7.77. The van der Waals surface area contributed by atoms with Gasteiger partial charge in [0.05, 0.1) is 32.3 Å². The predicted molar refractivity (Wildman–Crippen MR) is 191 cm³/mol. The summed E-state index contributed by atoms with van der Waals surface area (Å²) in [6, 6.07) is 11.0. The number of alkyl halides is 1. The molecule has 12 nitrogen and oxygen atoms in total. The minimum atomic E-state index is -1.84. The Kier molecular flexibility index (Phi) is 11.9. The van der Waals surface area contributed by atoms with E-state index in [1.165, 1.54) is 14.2 Å². The summed E-state index contributed by atoms with van der Waals surface area (Å²) in [4.78, 5) is 61.9. The van der Waals surface area contributed by atoms with Crippen LogP contribution in [0.15, 0.2) is 61.4 Å². The molecule has 0 radical (unpaired) electrons. The minimum absolute atomic E-state index is 0.00124. The average Bonchev–Trinajstić information content (AvgIpc) is 3.83. The molecule has 0 saturated carbocycles. The molecule has 0 fully saturated rings. The largest absolute Gasteiger partial charge is 0.453 e. The number of benzene rings is 2. The summed E-state index contributed by atoms with van der Waals surface area (Å²) >= 11 is 0. The van der Waals surface area contributed by atoms with Crippen molar-refractivity contribution in [2.45, 2.75) is 31.4 Å². The molecule has 2 amide bonds. The number of methoxy groups -OCH3 is 2. The lowest BCUT2D eigenvalue weighted by Gasteiger charge is -2.21. The van der Waals surface area contributed by atoms with Gasteiger partial charge in [-0.2, -0.15) is 0 Å². The lowest BCUT2D eigenvalue weighted by atomic mass is 9.88. The number of H-pyrrole nitrogens is 2. The van der Waals surface area contributed by atoms with E-state index in [1.54, 1.807) is 30.6 Å². The molecule has 2 aromatic heterocycles. The first-order valence-corrected chi connectivity index (χ1v) is 17.6. The number of alkyl carbamates (subject to hydrolysis) is 2.